The van der Waals surface area contributed by atoms with Crippen LogP contribution in [0, 0.1) is 0 Å². The first kappa shape index (κ1) is 21.2. The molecule has 0 unspecified atom stereocenters. The highest BCUT2D eigenvalue weighted by Crippen LogP contribution is 2.29. The van der Waals surface area contributed by atoms with E-state index >= 15 is 0 Å². The predicted octanol–water partition coefficient (Wildman–Crippen LogP) is 3.07. The first-order valence-electron chi connectivity index (χ1n) is 9.08. The van der Waals surface area contributed by atoms with E-state index in [1.54, 1.807) is 31.2 Å². The molecule has 1 heterocycles. The third kappa shape index (κ3) is 4.90. The van der Waals surface area contributed by atoms with Crippen molar-refractivity contribution in [2.45, 2.75) is 13.0 Å². The van der Waals surface area contributed by atoms with Gasteiger partial charge in [0, 0.05) is 5.02 Å². The third-order valence-electron chi connectivity index (χ3n) is 4.28. The zero-order chi connectivity index (χ0) is 21.7. The van der Waals surface area contributed by atoms with Crippen molar-refractivity contribution in [1.82, 2.24) is 10.6 Å². The molecule has 156 valence electrons. The minimum Gasteiger partial charge on any atom is -0.508 e. The maximum atomic E-state index is 12.7. The summed E-state index contributed by atoms with van der Waals surface area (Å²) in [7, 11) is 0. The molecule has 2 aromatic carbocycles. The van der Waals surface area contributed by atoms with E-state index in [9.17, 15) is 19.5 Å². The van der Waals surface area contributed by atoms with Gasteiger partial charge in [-0.2, -0.15) is 0 Å². The number of carbonyl (C=O) groups excluding carboxylic acids is 3. The van der Waals surface area contributed by atoms with Gasteiger partial charge in [-0.25, -0.2) is 14.4 Å². The second-order valence-electron chi connectivity index (χ2n) is 6.32. The van der Waals surface area contributed by atoms with E-state index in [2.05, 4.69) is 10.6 Å². The van der Waals surface area contributed by atoms with Crippen molar-refractivity contribution in [2.75, 3.05) is 13.2 Å². The van der Waals surface area contributed by atoms with Crippen LogP contribution in [0.1, 0.15) is 28.9 Å². The molecule has 0 spiro atoms. The summed E-state index contributed by atoms with van der Waals surface area (Å²) in [4.78, 5) is 37.2. The number of phenolic OH excluding ortho intramolecular Hbond substituents is 1. The predicted molar refractivity (Wildman–Crippen MR) is 108 cm³/mol. The molecule has 3 rings (SSSR count). The number of phenols is 1. The van der Waals surface area contributed by atoms with Crippen LogP contribution in [0.3, 0.4) is 0 Å². The highest BCUT2D eigenvalue weighted by atomic mass is 35.5. The summed E-state index contributed by atoms with van der Waals surface area (Å²) in [5.41, 5.74) is 0.949. The van der Waals surface area contributed by atoms with Crippen LogP contribution >= 0.6 is 11.6 Å². The number of urea groups is 1. The summed E-state index contributed by atoms with van der Waals surface area (Å²) in [5, 5.41) is 15.2. The van der Waals surface area contributed by atoms with E-state index in [-0.39, 0.29) is 35.8 Å². The largest absolute Gasteiger partial charge is 0.508 e. The van der Waals surface area contributed by atoms with Crippen LogP contribution in [0.15, 0.2) is 59.8 Å². The number of hydrogen-bond acceptors (Lipinski definition) is 6. The van der Waals surface area contributed by atoms with Gasteiger partial charge in [-0.1, -0.05) is 29.8 Å². The van der Waals surface area contributed by atoms with Crippen molar-refractivity contribution in [2.24, 2.45) is 0 Å². The lowest BCUT2D eigenvalue weighted by molar-refractivity contribution is -0.139. The van der Waals surface area contributed by atoms with Crippen molar-refractivity contribution in [3.05, 3.63) is 76.0 Å². The van der Waals surface area contributed by atoms with Gasteiger partial charge in [-0.15, -0.1) is 0 Å². The second kappa shape index (κ2) is 9.32. The summed E-state index contributed by atoms with van der Waals surface area (Å²) in [6, 6.07) is 10.9. The van der Waals surface area contributed by atoms with Gasteiger partial charge in [0.1, 0.15) is 12.4 Å². The molecular formula is C21H19ClN2O6. The molecule has 0 bridgehead atoms. The van der Waals surface area contributed by atoms with Crippen LogP contribution in [0.25, 0.3) is 0 Å². The monoisotopic (exact) mass is 430 g/mol. The van der Waals surface area contributed by atoms with Gasteiger partial charge < -0.3 is 25.2 Å². The lowest BCUT2D eigenvalue weighted by Gasteiger charge is -2.29. The molecule has 0 radical (unpaired) electrons. The molecule has 0 aliphatic carbocycles. The van der Waals surface area contributed by atoms with Gasteiger partial charge in [0.25, 0.3) is 0 Å². The fraction of sp³-hybridized carbons (Fsp3) is 0.190. The molecule has 9 heteroatoms. The topological polar surface area (TPSA) is 114 Å². The molecule has 30 heavy (non-hydrogen) atoms. The first-order valence-corrected chi connectivity index (χ1v) is 9.46. The maximum absolute atomic E-state index is 12.7. The van der Waals surface area contributed by atoms with E-state index in [4.69, 9.17) is 21.1 Å². The number of nitrogens with one attached hydrogen (secondary N) is 2. The van der Waals surface area contributed by atoms with Crippen molar-refractivity contribution in [3.63, 3.8) is 0 Å². The highest BCUT2D eigenvalue weighted by Gasteiger charge is 2.34. The van der Waals surface area contributed by atoms with Crippen molar-refractivity contribution in [1.29, 1.82) is 0 Å². The van der Waals surface area contributed by atoms with Crippen LogP contribution in [-0.2, 0) is 14.3 Å². The third-order valence-corrected chi connectivity index (χ3v) is 4.53. The molecule has 1 aliphatic heterocycles. The minimum absolute atomic E-state index is 0.0890. The van der Waals surface area contributed by atoms with Gasteiger partial charge in [0.05, 0.1) is 29.5 Å². The molecule has 0 aromatic heterocycles. The number of benzene rings is 2. The molecule has 1 aliphatic rings. The van der Waals surface area contributed by atoms with Gasteiger partial charge >= 0.3 is 18.0 Å². The van der Waals surface area contributed by atoms with Crippen molar-refractivity contribution in [3.8, 4) is 5.75 Å². The summed E-state index contributed by atoms with van der Waals surface area (Å²) in [6.45, 7) is 1.41. The van der Waals surface area contributed by atoms with Crippen LogP contribution in [0.2, 0.25) is 5.02 Å². The Morgan fingerprint density at radius 1 is 1.10 bits per heavy atom. The van der Waals surface area contributed by atoms with Crippen LogP contribution < -0.4 is 10.6 Å². The summed E-state index contributed by atoms with van der Waals surface area (Å²) < 4.78 is 10.4. The molecule has 0 saturated carbocycles. The molecule has 1 atom stereocenters. The first-order chi connectivity index (χ1) is 14.4. The number of hydrogen-bond donors (Lipinski definition) is 3. The molecular weight excluding hydrogens is 412 g/mol. The summed E-state index contributed by atoms with van der Waals surface area (Å²) >= 11 is 5.93. The number of ether oxygens (including phenoxy) is 2. The molecule has 0 fully saturated rings. The van der Waals surface area contributed by atoms with Crippen LogP contribution in [-0.4, -0.2) is 36.3 Å². The average molecular weight is 431 g/mol. The Bertz CT molecular complexity index is 1000. The molecule has 2 amide bonds. The van der Waals surface area contributed by atoms with E-state index in [1.807, 2.05) is 0 Å². The minimum atomic E-state index is -0.815. The number of aromatic hydroxyl groups is 1. The smallest absolute Gasteiger partial charge is 0.338 e. The molecule has 0 saturated heterocycles. The number of amides is 2. The van der Waals surface area contributed by atoms with E-state index < -0.39 is 24.0 Å². The van der Waals surface area contributed by atoms with Crippen LogP contribution in [0.5, 0.6) is 5.75 Å². The van der Waals surface area contributed by atoms with Gasteiger partial charge in [0.15, 0.2) is 0 Å². The zero-order valence-corrected chi connectivity index (χ0v) is 16.7. The zero-order valence-electron chi connectivity index (χ0n) is 16.0. The lowest BCUT2D eigenvalue weighted by Crippen LogP contribution is -2.47. The Labute approximate surface area is 177 Å². The fourth-order valence-electron chi connectivity index (χ4n) is 2.94. The molecule has 8 nitrogen and oxygen atoms in total. The Morgan fingerprint density at radius 2 is 1.83 bits per heavy atom. The number of halogens is 1. The number of rotatable bonds is 6. The normalized spacial score (nSPS) is 15.8. The van der Waals surface area contributed by atoms with E-state index in [0.717, 1.165) is 0 Å². The van der Waals surface area contributed by atoms with Gasteiger partial charge in [-0.3, -0.25) is 0 Å². The number of esters is 2. The van der Waals surface area contributed by atoms with Gasteiger partial charge in [0.2, 0.25) is 0 Å². The summed E-state index contributed by atoms with van der Waals surface area (Å²) in [6.07, 6.45) is 0. The Kier molecular flexibility index (Phi) is 6.58. The average Bonchev–Trinajstić information content (AvgIpc) is 2.72. The van der Waals surface area contributed by atoms with E-state index in [0.29, 0.717) is 10.6 Å². The maximum Gasteiger partial charge on any atom is 0.338 e. The lowest BCUT2D eigenvalue weighted by atomic mass is 9.95. The SMILES string of the molecule is CCOC(=O)C1=C(COC(=O)c2cccc(O)c2)NC(=O)N[C@H]1c1ccc(Cl)cc1. The van der Waals surface area contributed by atoms with E-state index in [1.165, 1.54) is 24.3 Å². The Morgan fingerprint density at radius 3 is 2.50 bits per heavy atom. The fourth-order valence-corrected chi connectivity index (χ4v) is 3.07. The van der Waals surface area contributed by atoms with Crippen molar-refractivity contribution >= 4 is 29.6 Å². The van der Waals surface area contributed by atoms with Gasteiger partial charge in [-0.05, 0) is 42.8 Å². The summed E-state index contributed by atoms with van der Waals surface area (Å²) in [5.74, 6) is -1.47. The number of carbonyl (C=O) groups is 3. The molecule has 2 aromatic rings. The van der Waals surface area contributed by atoms with Crippen molar-refractivity contribution < 1.29 is 29.0 Å². The highest BCUT2D eigenvalue weighted by molar-refractivity contribution is 6.30. The quantitative estimate of drug-likeness (QED) is 0.607. The Balaban J connectivity index is 1.92. The van der Waals surface area contributed by atoms with Crippen LogP contribution in [0.4, 0.5) is 4.79 Å². The molecule has 3 N–H and O–H groups in total. The second-order valence-corrected chi connectivity index (χ2v) is 6.76. The Hall–Kier alpha value is -3.52. The standard InChI is InChI=1S/C21H19ClN2O6/c1-2-29-20(27)17-16(11-30-19(26)13-4-3-5-15(25)10-13)23-21(28)24-18(17)12-6-8-14(22)9-7-12/h3-10,18,25H,2,11H2,1H3,(H2,23,24,28)/t18-/m0/s1.